The van der Waals surface area contributed by atoms with E-state index in [0.29, 0.717) is 23.6 Å². The van der Waals surface area contributed by atoms with Crippen molar-refractivity contribution in [3.63, 3.8) is 0 Å². The molecule has 3 heterocycles. The molecule has 1 saturated heterocycles. The van der Waals surface area contributed by atoms with E-state index in [1.165, 1.54) is 12.7 Å². The van der Waals surface area contributed by atoms with Crippen LogP contribution in [0.2, 0.25) is 0 Å². The average molecular weight is 441 g/mol. The quantitative estimate of drug-likeness (QED) is 0.423. The second-order valence-corrected chi connectivity index (χ2v) is 8.29. The number of hydrogen-bond acceptors (Lipinski definition) is 9. The molecule has 0 spiro atoms. The van der Waals surface area contributed by atoms with Gasteiger partial charge in [0.05, 0.1) is 31.7 Å². The minimum absolute atomic E-state index is 0.0581. The molecule has 2 aromatic heterocycles. The van der Waals surface area contributed by atoms with E-state index in [0.717, 1.165) is 24.8 Å². The third-order valence-corrected chi connectivity index (χ3v) is 6.23. The number of aromatic nitrogens is 4. The molecule has 0 bridgehead atoms. The van der Waals surface area contributed by atoms with Crippen molar-refractivity contribution in [1.82, 2.24) is 19.5 Å². The Labute approximate surface area is 184 Å². The van der Waals surface area contributed by atoms with Gasteiger partial charge in [-0.25, -0.2) is 15.0 Å². The lowest BCUT2D eigenvalue weighted by atomic mass is 10.1. The molecule has 3 aromatic rings. The largest absolute Gasteiger partial charge is 0.394 e. The highest BCUT2D eigenvalue weighted by atomic mass is 16.6. The van der Waals surface area contributed by atoms with Gasteiger partial charge in [-0.05, 0) is 24.8 Å². The van der Waals surface area contributed by atoms with E-state index in [4.69, 9.17) is 9.47 Å². The smallest absolute Gasteiger partial charge is 0.167 e. The maximum absolute atomic E-state index is 10.4. The van der Waals surface area contributed by atoms with E-state index in [1.54, 1.807) is 4.57 Å². The summed E-state index contributed by atoms with van der Waals surface area (Å²) in [6.45, 7) is 0.165. The standard InChI is InChI=1S/C22H27N5O5/c28-9-16-18(29)19(30)22(32-16)27-12-25-17-20(23-11-24-21(17)27)26-14-7-4-8-15(14)31-10-13-5-2-1-3-6-13/h1-3,5-6,11-12,14-16,18-19,22,28-30H,4,7-10H2,(H,23,24,26)/t14-,15+,16-,18-,19-,22?/m1/s1. The Morgan fingerprint density at radius 3 is 2.72 bits per heavy atom. The van der Waals surface area contributed by atoms with Crippen LogP contribution in [0.25, 0.3) is 11.2 Å². The Morgan fingerprint density at radius 2 is 1.94 bits per heavy atom. The van der Waals surface area contributed by atoms with Crippen molar-refractivity contribution in [2.45, 2.75) is 62.6 Å². The van der Waals surface area contributed by atoms with E-state index >= 15 is 0 Å². The van der Waals surface area contributed by atoms with E-state index in [9.17, 15) is 15.3 Å². The second kappa shape index (κ2) is 9.08. The van der Waals surface area contributed by atoms with Crippen LogP contribution in [-0.4, -0.2) is 71.9 Å². The molecule has 2 aliphatic rings. The summed E-state index contributed by atoms with van der Waals surface area (Å²) in [6, 6.07) is 10.2. The fraction of sp³-hybridized carbons (Fsp3) is 0.500. The molecule has 0 radical (unpaired) electrons. The van der Waals surface area contributed by atoms with Gasteiger partial charge in [0.25, 0.3) is 0 Å². The van der Waals surface area contributed by atoms with Crippen LogP contribution < -0.4 is 5.32 Å². The van der Waals surface area contributed by atoms with Crippen LogP contribution in [0.5, 0.6) is 0 Å². The Hall–Kier alpha value is -2.63. The second-order valence-electron chi connectivity index (χ2n) is 8.29. The number of hydrogen-bond donors (Lipinski definition) is 4. The number of nitrogens with zero attached hydrogens (tertiary/aromatic N) is 4. The van der Waals surface area contributed by atoms with Gasteiger partial charge in [0.1, 0.15) is 24.6 Å². The van der Waals surface area contributed by atoms with Crippen molar-refractivity contribution < 1.29 is 24.8 Å². The molecule has 1 aromatic carbocycles. The normalized spacial score (nSPS) is 30.2. The number of ether oxygens (including phenoxy) is 2. The number of benzene rings is 1. The van der Waals surface area contributed by atoms with Gasteiger partial charge < -0.3 is 30.1 Å². The maximum atomic E-state index is 10.4. The van der Waals surface area contributed by atoms with Gasteiger partial charge in [-0.2, -0.15) is 0 Å². The van der Waals surface area contributed by atoms with Crippen molar-refractivity contribution in [3.8, 4) is 0 Å². The molecular weight excluding hydrogens is 414 g/mol. The van der Waals surface area contributed by atoms with Crippen LogP contribution in [0.4, 0.5) is 5.82 Å². The highest BCUT2D eigenvalue weighted by Crippen LogP contribution is 2.33. The first-order chi connectivity index (χ1) is 15.7. The summed E-state index contributed by atoms with van der Waals surface area (Å²) in [6.07, 6.45) is 1.81. The van der Waals surface area contributed by atoms with Gasteiger partial charge in [0.2, 0.25) is 0 Å². The summed E-state index contributed by atoms with van der Waals surface area (Å²) in [4.78, 5) is 13.1. The summed E-state index contributed by atoms with van der Waals surface area (Å²) < 4.78 is 13.4. The molecule has 32 heavy (non-hydrogen) atoms. The molecule has 0 amide bonds. The predicted molar refractivity (Wildman–Crippen MR) is 115 cm³/mol. The van der Waals surface area contributed by atoms with Gasteiger partial charge in [0, 0.05) is 0 Å². The number of aliphatic hydroxyl groups is 3. The lowest BCUT2D eigenvalue weighted by Gasteiger charge is -2.22. The van der Waals surface area contributed by atoms with Crippen molar-refractivity contribution in [2.24, 2.45) is 0 Å². The van der Waals surface area contributed by atoms with Crippen LogP contribution in [0.1, 0.15) is 31.1 Å². The molecule has 6 atom stereocenters. The summed E-state index contributed by atoms with van der Waals surface area (Å²) >= 11 is 0. The fourth-order valence-electron chi connectivity index (χ4n) is 4.50. The third-order valence-electron chi connectivity index (χ3n) is 6.23. The Bertz CT molecular complexity index is 1050. The van der Waals surface area contributed by atoms with Crippen LogP contribution in [-0.2, 0) is 16.1 Å². The van der Waals surface area contributed by atoms with Gasteiger partial charge in [-0.3, -0.25) is 4.57 Å². The first kappa shape index (κ1) is 21.2. The Balaban J connectivity index is 1.33. The van der Waals surface area contributed by atoms with Crippen molar-refractivity contribution in [1.29, 1.82) is 0 Å². The number of aliphatic hydroxyl groups excluding tert-OH is 3. The zero-order valence-electron chi connectivity index (χ0n) is 17.5. The number of rotatable bonds is 7. The van der Waals surface area contributed by atoms with Crippen LogP contribution >= 0.6 is 0 Å². The van der Waals surface area contributed by atoms with Crippen LogP contribution in [0.3, 0.4) is 0 Å². The van der Waals surface area contributed by atoms with Crippen molar-refractivity contribution in [3.05, 3.63) is 48.5 Å². The summed E-state index contributed by atoms with van der Waals surface area (Å²) in [5.41, 5.74) is 2.15. The molecular formula is C22H27N5O5. The predicted octanol–water partition coefficient (Wildman–Crippen LogP) is 0.988. The average Bonchev–Trinajstić information content (AvgIpc) is 3.52. The SMILES string of the molecule is OC[C@H]1OC(n2cnc3c(N[C@@H]4CCC[C@@H]4OCc4ccccc4)ncnc32)[C@H](O)[C@@H]1O. The molecule has 5 rings (SSSR count). The molecule has 1 unspecified atom stereocenters. The summed E-state index contributed by atoms with van der Waals surface area (Å²) in [5.74, 6) is 0.584. The van der Waals surface area contributed by atoms with Crippen LogP contribution in [0.15, 0.2) is 43.0 Å². The van der Waals surface area contributed by atoms with Crippen molar-refractivity contribution >= 4 is 17.0 Å². The molecule has 1 aliphatic carbocycles. The third kappa shape index (κ3) is 3.96. The minimum atomic E-state index is -1.21. The van der Waals surface area contributed by atoms with Crippen LogP contribution in [0, 0.1) is 0 Å². The molecule has 2 fully saturated rings. The summed E-state index contributed by atoms with van der Waals surface area (Å²) in [5, 5.41) is 33.3. The zero-order chi connectivity index (χ0) is 22.1. The van der Waals surface area contributed by atoms with Gasteiger partial charge in [-0.15, -0.1) is 0 Å². The van der Waals surface area contributed by atoms with Crippen molar-refractivity contribution in [2.75, 3.05) is 11.9 Å². The Morgan fingerprint density at radius 1 is 1.09 bits per heavy atom. The Kier molecular flexibility index (Phi) is 6.03. The monoisotopic (exact) mass is 441 g/mol. The molecule has 10 nitrogen and oxygen atoms in total. The molecule has 170 valence electrons. The number of fused-ring (bicyclic) bond motifs is 1. The first-order valence-corrected chi connectivity index (χ1v) is 10.9. The topological polar surface area (TPSA) is 135 Å². The van der Waals surface area contributed by atoms with E-state index in [1.807, 2.05) is 18.2 Å². The number of imidazole rings is 1. The molecule has 10 heteroatoms. The van der Waals surface area contributed by atoms with E-state index < -0.39 is 31.1 Å². The van der Waals surface area contributed by atoms with E-state index in [2.05, 4.69) is 32.4 Å². The van der Waals surface area contributed by atoms with E-state index in [-0.39, 0.29) is 12.1 Å². The minimum Gasteiger partial charge on any atom is -0.394 e. The molecule has 4 N–H and O–H groups in total. The van der Waals surface area contributed by atoms with Gasteiger partial charge in [-0.1, -0.05) is 30.3 Å². The number of anilines is 1. The fourth-order valence-corrected chi connectivity index (χ4v) is 4.50. The number of nitrogens with one attached hydrogen (secondary N) is 1. The van der Waals surface area contributed by atoms with Gasteiger partial charge >= 0.3 is 0 Å². The maximum Gasteiger partial charge on any atom is 0.167 e. The highest BCUT2D eigenvalue weighted by Gasteiger charge is 2.44. The van der Waals surface area contributed by atoms with Gasteiger partial charge in [0.15, 0.2) is 23.2 Å². The zero-order valence-corrected chi connectivity index (χ0v) is 17.5. The highest BCUT2D eigenvalue weighted by molar-refractivity contribution is 5.82. The lowest BCUT2D eigenvalue weighted by molar-refractivity contribution is -0.0511. The first-order valence-electron chi connectivity index (χ1n) is 10.9. The lowest BCUT2D eigenvalue weighted by Crippen LogP contribution is -2.33. The molecule has 1 saturated carbocycles. The summed E-state index contributed by atoms with van der Waals surface area (Å²) in [7, 11) is 0. The molecule has 1 aliphatic heterocycles.